The van der Waals surface area contributed by atoms with E-state index in [2.05, 4.69) is 67.6 Å². The third kappa shape index (κ3) is 6.57. The molecule has 0 amide bonds. The second-order valence-corrected chi connectivity index (χ2v) is 15.9. The Morgan fingerprint density at radius 2 is 0.803 bits per heavy atom. The van der Waals surface area contributed by atoms with E-state index in [1.807, 2.05) is 125 Å². The van der Waals surface area contributed by atoms with E-state index < -0.39 is 0 Å². The summed E-state index contributed by atoms with van der Waals surface area (Å²) in [7, 11) is 0. The number of hydrogen-bond acceptors (Lipinski definition) is 6. The first-order valence-electron chi connectivity index (χ1n) is 20.6. The molecule has 0 fully saturated rings. The number of fused-ring (bicyclic) bond motifs is 6. The van der Waals surface area contributed by atoms with Crippen molar-refractivity contribution in [1.29, 1.82) is 0 Å². The Kier molecular flexibility index (Phi) is 9.40. The molecule has 0 bridgehead atoms. The first-order chi connectivity index (χ1) is 29.7. The highest BCUT2D eigenvalue weighted by molar-refractivity contribution is 6.10. The van der Waals surface area contributed by atoms with Crippen molar-refractivity contribution in [3.63, 3.8) is 0 Å². The van der Waals surface area contributed by atoms with Crippen molar-refractivity contribution in [1.82, 2.24) is 19.1 Å². The summed E-state index contributed by atoms with van der Waals surface area (Å²) in [6, 6.07) is 48.6. The average molecular weight is 801 g/mol. The van der Waals surface area contributed by atoms with Crippen molar-refractivity contribution in [2.24, 2.45) is 0 Å². The van der Waals surface area contributed by atoms with Gasteiger partial charge in [0.15, 0.2) is 0 Å². The molecule has 8 heteroatoms. The molecular weight excluding hydrogens is 757 g/mol. The van der Waals surface area contributed by atoms with Crippen LogP contribution in [-0.4, -0.2) is 41.5 Å². The van der Waals surface area contributed by atoms with Gasteiger partial charge in [-0.05, 0) is 112 Å². The maximum Gasteiger partial charge on any atom is 0.221 e. The Morgan fingerprint density at radius 1 is 0.459 bits per heavy atom. The van der Waals surface area contributed by atoms with Gasteiger partial charge in [0.1, 0.15) is 23.7 Å². The van der Waals surface area contributed by atoms with Crippen molar-refractivity contribution >= 4 is 43.6 Å². The lowest BCUT2D eigenvalue weighted by Gasteiger charge is -2.22. The highest BCUT2D eigenvalue weighted by atomic mass is 16.5. The second kappa shape index (κ2) is 15.2. The smallest absolute Gasteiger partial charge is 0.221 e. The van der Waals surface area contributed by atoms with Gasteiger partial charge >= 0.3 is 0 Å². The van der Waals surface area contributed by atoms with Crippen molar-refractivity contribution in [2.45, 2.75) is 46.3 Å². The number of rotatable bonds is 10. The van der Waals surface area contributed by atoms with Crippen molar-refractivity contribution in [3.8, 4) is 56.9 Å². The molecule has 1 unspecified atom stereocenters. The van der Waals surface area contributed by atoms with Crippen LogP contribution in [0.1, 0.15) is 31.4 Å². The standard InChI is InChI=1S/C53H44N4O4/c1-32-27-42(50(58)48(29-32)56-44-21-9-5-15-36(44)37-16-6-10-22-45(37)56)40-19-13-25-54-52(40)60-34(3)31-35(4)61-53-41(20-14-26-55-53)43-28-33(2)30-49(51(43)59)57-46-23-11-7-17-38(46)39-18-8-12-24-47(39)57/h5-30,34-35,58-59H,31H2,1-4H3/t34-,35?/m0/s1. The Labute approximate surface area is 353 Å². The molecule has 0 spiro atoms. The number of hydrogen-bond donors (Lipinski definition) is 2. The summed E-state index contributed by atoms with van der Waals surface area (Å²) in [5, 5.41) is 28.7. The van der Waals surface area contributed by atoms with Gasteiger partial charge < -0.3 is 28.8 Å². The summed E-state index contributed by atoms with van der Waals surface area (Å²) in [5.74, 6) is 1.11. The number of para-hydroxylation sites is 4. The van der Waals surface area contributed by atoms with Gasteiger partial charge in [0, 0.05) is 62.6 Å². The van der Waals surface area contributed by atoms with Crippen LogP contribution in [0.15, 0.2) is 158 Å². The van der Waals surface area contributed by atoms with Crippen LogP contribution in [0.2, 0.25) is 0 Å². The summed E-state index contributed by atoms with van der Waals surface area (Å²) >= 11 is 0. The first kappa shape index (κ1) is 37.7. The third-order valence-corrected chi connectivity index (χ3v) is 11.5. The normalized spacial score (nSPS) is 12.7. The molecule has 0 aliphatic rings. The van der Waals surface area contributed by atoms with Crippen LogP contribution in [0.3, 0.4) is 0 Å². The molecule has 0 saturated carbocycles. The fourth-order valence-electron chi connectivity index (χ4n) is 8.96. The molecule has 300 valence electrons. The van der Waals surface area contributed by atoms with Gasteiger partial charge in [-0.1, -0.05) is 72.8 Å². The van der Waals surface area contributed by atoms with Crippen LogP contribution in [-0.2, 0) is 0 Å². The van der Waals surface area contributed by atoms with Crippen LogP contribution < -0.4 is 9.47 Å². The van der Waals surface area contributed by atoms with Gasteiger partial charge in [-0.25, -0.2) is 9.97 Å². The van der Waals surface area contributed by atoms with Gasteiger partial charge in [-0.3, -0.25) is 0 Å². The number of pyridine rings is 2. The lowest BCUT2D eigenvalue weighted by Crippen LogP contribution is -2.23. The molecule has 0 radical (unpaired) electrons. The molecule has 6 aromatic carbocycles. The number of phenols is 2. The monoisotopic (exact) mass is 800 g/mol. The van der Waals surface area contributed by atoms with Gasteiger partial charge in [-0.15, -0.1) is 0 Å². The molecule has 4 heterocycles. The van der Waals surface area contributed by atoms with E-state index in [9.17, 15) is 10.2 Å². The van der Waals surface area contributed by atoms with E-state index in [4.69, 9.17) is 9.47 Å². The van der Waals surface area contributed by atoms with E-state index in [0.29, 0.717) is 51.8 Å². The Morgan fingerprint density at radius 3 is 1.16 bits per heavy atom. The molecule has 2 N–H and O–H groups in total. The van der Waals surface area contributed by atoms with Crippen LogP contribution in [0, 0.1) is 13.8 Å². The fourth-order valence-corrected chi connectivity index (χ4v) is 8.96. The topological polar surface area (TPSA) is 94.6 Å². The average Bonchev–Trinajstić information content (AvgIpc) is 3.78. The lowest BCUT2D eigenvalue weighted by molar-refractivity contribution is 0.125. The number of aryl methyl sites for hydroxylation is 2. The molecule has 10 rings (SSSR count). The Balaban J connectivity index is 0.936. The Hall–Kier alpha value is -7.58. The molecule has 10 aromatic rings. The summed E-state index contributed by atoms with van der Waals surface area (Å²) in [6.45, 7) is 8.04. The van der Waals surface area contributed by atoms with E-state index >= 15 is 0 Å². The lowest BCUT2D eigenvalue weighted by atomic mass is 10.0. The van der Waals surface area contributed by atoms with E-state index in [1.165, 1.54) is 0 Å². The van der Waals surface area contributed by atoms with Crippen LogP contribution in [0.4, 0.5) is 0 Å². The van der Waals surface area contributed by atoms with E-state index in [1.54, 1.807) is 12.4 Å². The highest BCUT2D eigenvalue weighted by Gasteiger charge is 2.24. The summed E-state index contributed by atoms with van der Waals surface area (Å²) in [6.07, 6.45) is 3.26. The minimum atomic E-state index is -0.325. The first-order valence-corrected chi connectivity index (χ1v) is 20.6. The largest absolute Gasteiger partial charge is 0.505 e. The van der Waals surface area contributed by atoms with Crippen LogP contribution in [0.5, 0.6) is 23.3 Å². The number of nitrogens with zero attached hydrogens (tertiary/aromatic N) is 4. The zero-order valence-electron chi connectivity index (χ0n) is 34.4. The van der Waals surface area contributed by atoms with Crippen molar-refractivity contribution < 1.29 is 19.7 Å². The summed E-state index contributed by atoms with van der Waals surface area (Å²) in [4.78, 5) is 9.33. The van der Waals surface area contributed by atoms with Crippen LogP contribution in [0.25, 0.3) is 77.2 Å². The predicted octanol–water partition coefficient (Wildman–Crippen LogP) is 12.7. The minimum absolute atomic E-state index is 0.141. The molecule has 0 saturated heterocycles. The van der Waals surface area contributed by atoms with Gasteiger partial charge in [0.2, 0.25) is 11.8 Å². The molecule has 2 atom stereocenters. The van der Waals surface area contributed by atoms with Gasteiger partial charge in [0.05, 0.1) is 33.4 Å². The molecule has 8 nitrogen and oxygen atoms in total. The van der Waals surface area contributed by atoms with Gasteiger partial charge in [-0.2, -0.15) is 0 Å². The Bertz CT molecular complexity index is 2970. The number of benzene rings is 6. The molecule has 0 aliphatic carbocycles. The SMILES string of the molecule is Cc1cc(-c2cccnc2OC(C)C[C@H](C)Oc2ncccc2-c2cc(C)cc(-n3c4ccccc4c4ccccc43)c2O)c(O)c(-n2c3ccccc3c3ccccc32)c1. The van der Waals surface area contributed by atoms with E-state index in [-0.39, 0.29) is 23.7 Å². The second-order valence-electron chi connectivity index (χ2n) is 15.9. The fraction of sp³-hybridized carbons (Fsp3) is 0.132. The molecule has 4 aromatic heterocycles. The zero-order chi connectivity index (χ0) is 41.8. The van der Waals surface area contributed by atoms with Crippen molar-refractivity contribution in [2.75, 3.05) is 0 Å². The van der Waals surface area contributed by atoms with Crippen LogP contribution >= 0.6 is 0 Å². The third-order valence-electron chi connectivity index (χ3n) is 11.5. The molecular formula is C53H44N4O4. The number of ether oxygens (including phenoxy) is 2. The number of aromatic nitrogens is 4. The maximum absolute atomic E-state index is 12.1. The predicted molar refractivity (Wildman–Crippen MR) is 246 cm³/mol. The number of phenolic OH excluding ortho intramolecular Hbond substituents is 2. The summed E-state index contributed by atoms with van der Waals surface area (Å²) in [5.41, 5.74) is 10.0. The maximum atomic E-state index is 12.1. The molecule has 0 aliphatic heterocycles. The van der Waals surface area contributed by atoms with Gasteiger partial charge in [0.25, 0.3) is 0 Å². The molecule has 61 heavy (non-hydrogen) atoms. The zero-order valence-corrected chi connectivity index (χ0v) is 34.4. The van der Waals surface area contributed by atoms with E-state index in [0.717, 1.165) is 54.7 Å². The summed E-state index contributed by atoms with van der Waals surface area (Å²) < 4.78 is 17.4. The quantitative estimate of drug-likeness (QED) is 0.143. The minimum Gasteiger partial charge on any atom is -0.505 e. The highest BCUT2D eigenvalue weighted by Crippen LogP contribution is 2.44. The van der Waals surface area contributed by atoms with Crippen molar-refractivity contribution in [3.05, 3.63) is 169 Å². The number of aromatic hydroxyl groups is 2.